The van der Waals surface area contributed by atoms with E-state index in [0.717, 1.165) is 23.2 Å². The Balaban J connectivity index is 1.70. The van der Waals surface area contributed by atoms with E-state index in [4.69, 9.17) is 23.2 Å². The molecule has 1 aliphatic carbocycles. The molecule has 3 aromatic rings. The molecule has 1 heterocycles. The third kappa shape index (κ3) is 2.69. The first kappa shape index (κ1) is 17.6. The van der Waals surface area contributed by atoms with Crippen molar-refractivity contribution < 1.29 is 9.90 Å². The first-order chi connectivity index (χ1) is 13.5. The summed E-state index contributed by atoms with van der Waals surface area (Å²) in [4.78, 5) is 11.5. The summed E-state index contributed by atoms with van der Waals surface area (Å²) in [5.74, 6) is -0.537. The number of anilines is 1. The van der Waals surface area contributed by atoms with Crippen LogP contribution in [0.25, 0.3) is 0 Å². The smallest absolute Gasteiger partial charge is 0.335 e. The van der Waals surface area contributed by atoms with E-state index in [1.807, 2.05) is 30.3 Å². The molecule has 3 atom stereocenters. The molecule has 0 saturated carbocycles. The second kappa shape index (κ2) is 6.54. The molecular formula is C23H17Cl2NO2. The van der Waals surface area contributed by atoms with Crippen LogP contribution >= 0.6 is 23.2 Å². The molecule has 3 nitrogen and oxygen atoms in total. The SMILES string of the molecule is O=C(O)c1ccc2c(c1)[C@@H]1c3ccccc3C[C@H]1[C@H](c1ccc(Cl)cc1Cl)N2. The molecule has 140 valence electrons. The van der Waals surface area contributed by atoms with E-state index in [-0.39, 0.29) is 17.9 Å². The topological polar surface area (TPSA) is 49.3 Å². The highest BCUT2D eigenvalue weighted by atomic mass is 35.5. The summed E-state index contributed by atoms with van der Waals surface area (Å²) in [5, 5.41) is 14.3. The highest BCUT2D eigenvalue weighted by Crippen LogP contribution is 2.54. The van der Waals surface area contributed by atoms with Crippen molar-refractivity contribution in [3.63, 3.8) is 0 Å². The minimum Gasteiger partial charge on any atom is -0.478 e. The molecule has 0 radical (unpaired) electrons. The zero-order chi connectivity index (χ0) is 19.4. The van der Waals surface area contributed by atoms with Crippen LogP contribution in [-0.4, -0.2) is 11.1 Å². The van der Waals surface area contributed by atoms with Crippen molar-refractivity contribution >= 4 is 34.9 Å². The van der Waals surface area contributed by atoms with Crippen molar-refractivity contribution in [1.82, 2.24) is 0 Å². The maximum Gasteiger partial charge on any atom is 0.335 e. The first-order valence-electron chi connectivity index (χ1n) is 9.19. The molecule has 2 aliphatic rings. The van der Waals surface area contributed by atoms with Crippen LogP contribution in [-0.2, 0) is 6.42 Å². The van der Waals surface area contributed by atoms with E-state index in [1.54, 1.807) is 12.1 Å². The Morgan fingerprint density at radius 3 is 2.57 bits per heavy atom. The first-order valence-corrected chi connectivity index (χ1v) is 9.95. The van der Waals surface area contributed by atoms with Gasteiger partial charge in [0.05, 0.1) is 11.6 Å². The van der Waals surface area contributed by atoms with Crippen LogP contribution in [0.4, 0.5) is 5.69 Å². The van der Waals surface area contributed by atoms with Gasteiger partial charge in [0.1, 0.15) is 0 Å². The van der Waals surface area contributed by atoms with Crippen LogP contribution in [0, 0.1) is 5.92 Å². The van der Waals surface area contributed by atoms with Crippen molar-refractivity contribution in [2.24, 2.45) is 5.92 Å². The lowest BCUT2D eigenvalue weighted by Gasteiger charge is -2.38. The Labute approximate surface area is 172 Å². The lowest BCUT2D eigenvalue weighted by Crippen LogP contribution is -2.30. The number of nitrogens with one attached hydrogen (secondary N) is 1. The molecule has 3 aromatic carbocycles. The van der Waals surface area contributed by atoms with Crippen molar-refractivity contribution in [3.05, 3.63) is 98.5 Å². The number of hydrogen-bond acceptors (Lipinski definition) is 2. The zero-order valence-corrected chi connectivity index (χ0v) is 16.3. The van der Waals surface area contributed by atoms with Gasteiger partial charge in [-0.1, -0.05) is 53.5 Å². The van der Waals surface area contributed by atoms with Crippen LogP contribution in [0.5, 0.6) is 0 Å². The standard InChI is InChI=1S/C23H17Cl2NO2/c24-14-6-7-16(19(25)11-14)22-18-9-12-3-1-2-4-15(12)21(18)17-10-13(23(27)28)5-8-20(17)26-22/h1-8,10-11,18,21-22,26H,9H2,(H,27,28)/t18-,21+,22+/m1/s1. The summed E-state index contributed by atoms with van der Waals surface area (Å²) >= 11 is 12.7. The van der Waals surface area contributed by atoms with Crippen LogP contribution in [0.15, 0.2) is 60.7 Å². The van der Waals surface area contributed by atoms with Gasteiger partial charge in [0.25, 0.3) is 0 Å². The Morgan fingerprint density at radius 1 is 0.964 bits per heavy atom. The van der Waals surface area contributed by atoms with Gasteiger partial charge in [-0.15, -0.1) is 0 Å². The number of aromatic carboxylic acids is 1. The predicted molar refractivity (Wildman–Crippen MR) is 112 cm³/mol. The summed E-state index contributed by atoms with van der Waals surface area (Å²) in [5.41, 5.74) is 5.90. The Hall–Kier alpha value is -2.49. The van der Waals surface area contributed by atoms with Gasteiger partial charge >= 0.3 is 5.97 Å². The van der Waals surface area contributed by atoms with Gasteiger partial charge in [-0.3, -0.25) is 0 Å². The lowest BCUT2D eigenvalue weighted by molar-refractivity contribution is 0.0696. The molecule has 0 aromatic heterocycles. The molecule has 1 aliphatic heterocycles. The van der Waals surface area contributed by atoms with Crippen LogP contribution in [0.3, 0.4) is 0 Å². The van der Waals surface area contributed by atoms with Crippen molar-refractivity contribution in [3.8, 4) is 0 Å². The Bertz CT molecular complexity index is 1110. The predicted octanol–water partition coefficient (Wildman–Crippen LogP) is 6.16. The average Bonchev–Trinajstić information content (AvgIpc) is 3.07. The van der Waals surface area contributed by atoms with Crippen LogP contribution in [0.1, 0.15) is 44.6 Å². The summed E-state index contributed by atoms with van der Waals surface area (Å²) in [6, 6.07) is 19.4. The molecular weight excluding hydrogens is 393 g/mol. The summed E-state index contributed by atoms with van der Waals surface area (Å²) in [6.07, 6.45) is 0.911. The number of fused-ring (bicyclic) bond motifs is 5. The number of rotatable bonds is 2. The van der Waals surface area contributed by atoms with Gasteiger partial charge in [0.15, 0.2) is 0 Å². The van der Waals surface area contributed by atoms with E-state index in [2.05, 4.69) is 23.5 Å². The normalized spacial score (nSPS) is 22.0. The largest absolute Gasteiger partial charge is 0.478 e. The number of carbonyl (C=O) groups is 1. The van der Waals surface area contributed by atoms with Gasteiger partial charge in [-0.25, -0.2) is 4.79 Å². The molecule has 0 bridgehead atoms. The van der Waals surface area contributed by atoms with Gasteiger partial charge in [-0.2, -0.15) is 0 Å². The van der Waals surface area contributed by atoms with Gasteiger partial charge in [0, 0.05) is 21.7 Å². The van der Waals surface area contributed by atoms with E-state index in [1.165, 1.54) is 11.1 Å². The third-order valence-electron chi connectivity index (χ3n) is 5.94. The maximum absolute atomic E-state index is 11.5. The van der Waals surface area contributed by atoms with Gasteiger partial charge in [0.2, 0.25) is 0 Å². The van der Waals surface area contributed by atoms with Crippen molar-refractivity contribution in [1.29, 1.82) is 0 Å². The molecule has 5 heteroatoms. The van der Waals surface area contributed by atoms with Crippen LogP contribution < -0.4 is 5.32 Å². The van der Waals surface area contributed by atoms with Crippen molar-refractivity contribution in [2.45, 2.75) is 18.4 Å². The summed E-state index contributed by atoms with van der Waals surface area (Å²) in [7, 11) is 0. The second-order valence-electron chi connectivity index (χ2n) is 7.44. The molecule has 0 unspecified atom stereocenters. The second-order valence-corrected chi connectivity index (χ2v) is 8.28. The van der Waals surface area contributed by atoms with Crippen molar-refractivity contribution in [2.75, 3.05) is 5.32 Å². The average molecular weight is 410 g/mol. The monoisotopic (exact) mass is 409 g/mol. The molecule has 0 saturated heterocycles. The minimum absolute atomic E-state index is 0.0188. The number of halogens is 2. The highest BCUT2D eigenvalue weighted by Gasteiger charge is 2.43. The van der Waals surface area contributed by atoms with E-state index < -0.39 is 5.97 Å². The summed E-state index contributed by atoms with van der Waals surface area (Å²) < 4.78 is 0. The zero-order valence-electron chi connectivity index (χ0n) is 14.8. The number of hydrogen-bond donors (Lipinski definition) is 2. The molecule has 0 fully saturated rings. The van der Waals surface area contributed by atoms with Gasteiger partial charge in [-0.05, 0) is 64.9 Å². The van der Waals surface area contributed by atoms with Crippen LogP contribution in [0.2, 0.25) is 10.0 Å². The fourth-order valence-electron chi connectivity index (χ4n) is 4.76. The van der Waals surface area contributed by atoms with E-state index in [0.29, 0.717) is 15.6 Å². The molecule has 2 N–H and O–H groups in total. The number of carboxylic acid groups (broad SMARTS) is 1. The van der Waals surface area contributed by atoms with E-state index in [9.17, 15) is 9.90 Å². The molecule has 28 heavy (non-hydrogen) atoms. The Kier molecular flexibility index (Phi) is 4.11. The fourth-order valence-corrected chi connectivity index (χ4v) is 5.28. The fraction of sp³-hybridized carbons (Fsp3) is 0.174. The number of benzene rings is 3. The summed E-state index contributed by atoms with van der Waals surface area (Å²) in [6.45, 7) is 0. The maximum atomic E-state index is 11.5. The quantitative estimate of drug-likeness (QED) is 0.532. The highest BCUT2D eigenvalue weighted by molar-refractivity contribution is 6.35. The Morgan fingerprint density at radius 2 is 1.79 bits per heavy atom. The number of carboxylic acids is 1. The molecule has 0 spiro atoms. The molecule has 0 amide bonds. The molecule has 5 rings (SSSR count). The lowest BCUT2D eigenvalue weighted by atomic mass is 9.75. The van der Waals surface area contributed by atoms with Gasteiger partial charge < -0.3 is 10.4 Å². The third-order valence-corrected chi connectivity index (χ3v) is 6.51. The minimum atomic E-state index is -0.909. The van der Waals surface area contributed by atoms with E-state index >= 15 is 0 Å².